The highest BCUT2D eigenvalue weighted by Crippen LogP contribution is 2.55. The van der Waals surface area contributed by atoms with Crippen LogP contribution in [-0.2, 0) is 0 Å². The van der Waals surface area contributed by atoms with E-state index in [1.165, 1.54) is 11.1 Å². The monoisotopic (exact) mass is 732 g/mol. The Kier molecular flexibility index (Phi) is 7.63. The fraction of sp³-hybridized carbons (Fsp3) is 0.196. The van der Waals surface area contributed by atoms with Crippen LogP contribution in [-0.4, -0.2) is 14.6 Å². The van der Waals surface area contributed by atoms with Gasteiger partial charge in [0.1, 0.15) is 0 Å². The molecule has 3 aliphatic rings. The molecule has 0 radical (unpaired) electrons. The van der Waals surface area contributed by atoms with Gasteiger partial charge in [-0.3, -0.25) is 4.79 Å². The number of hydrogen-bond acceptors (Lipinski definition) is 4. The molecule has 5 nitrogen and oxygen atoms in total. The number of para-hydroxylation sites is 1. The Labute approximate surface area is 329 Å². The summed E-state index contributed by atoms with van der Waals surface area (Å²) in [5, 5.41) is 10.7. The summed E-state index contributed by atoms with van der Waals surface area (Å²) < 4.78 is 1.92. The molecule has 3 aliphatic heterocycles. The van der Waals surface area contributed by atoms with Gasteiger partial charge in [0.2, 0.25) is 0 Å². The molecule has 278 valence electrons. The van der Waals surface area contributed by atoms with Gasteiger partial charge in [0.25, 0.3) is 5.56 Å². The van der Waals surface area contributed by atoms with Crippen molar-refractivity contribution in [2.75, 3.05) is 4.90 Å². The third-order valence-corrected chi connectivity index (χ3v) is 12.7. The van der Waals surface area contributed by atoms with Crippen LogP contribution >= 0.6 is 0 Å². The third kappa shape index (κ3) is 4.34. The van der Waals surface area contributed by atoms with E-state index in [1.54, 1.807) is 0 Å². The van der Waals surface area contributed by atoms with Crippen molar-refractivity contribution in [2.45, 2.75) is 66.8 Å². The smallest absolute Gasteiger partial charge is 0.259 e. The lowest BCUT2D eigenvalue weighted by molar-refractivity contribution is 0.269. The van der Waals surface area contributed by atoms with E-state index in [1.807, 2.05) is 16.7 Å². The van der Waals surface area contributed by atoms with Gasteiger partial charge in [0.15, 0.2) is 0 Å². The van der Waals surface area contributed by atoms with Crippen molar-refractivity contribution in [3.05, 3.63) is 165 Å². The second-order valence-electron chi connectivity index (χ2n) is 15.9. The zero-order valence-corrected chi connectivity index (χ0v) is 33.5. The third-order valence-electron chi connectivity index (χ3n) is 12.7. The summed E-state index contributed by atoms with van der Waals surface area (Å²) in [7, 11) is 0. The molecule has 0 amide bonds. The van der Waals surface area contributed by atoms with Crippen LogP contribution in [0.4, 0.5) is 5.69 Å². The van der Waals surface area contributed by atoms with Crippen LogP contribution in [0.5, 0.6) is 0 Å². The predicted molar refractivity (Wildman–Crippen MR) is 240 cm³/mol. The summed E-state index contributed by atoms with van der Waals surface area (Å²) >= 11 is 0. The number of hydrogen-bond donors (Lipinski definition) is 0. The molecule has 5 heteroatoms. The van der Waals surface area contributed by atoms with Gasteiger partial charge in [0, 0.05) is 88.5 Å². The zero-order valence-electron chi connectivity index (χ0n) is 33.5. The zero-order chi connectivity index (χ0) is 39.8. The molecule has 0 fully saturated rings. The molecule has 0 bridgehead atoms. The highest BCUT2D eigenvalue weighted by atomic mass is 16.1. The number of pyridine rings is 1. The van der Waals surface area contributed by atoms with Crippen LogP contribution in [0, 0.1) is 27.7 Å². The van der Waals surface area contributed by atoms with Gasteiger partial charge in [-0.25, -0.2) is 10.0 Å². The van der Waals surface area contributed by atoms with Crippen LogP contribution in [0.2, 0.25) is 0 Å². The Bertz CT molecular complexity index is 2920. The second kappa shape index (κ2) is 12.1. The van der Waals surface area contributed by atoms with E-state index in [-0.39, 0.29) is 11.6 Å². The van der Waals surface area contributed by atoms with Crippen molar-refractivity contribution in [3.63, 3.8) is 0 Å². The van der Waals surface area contributed by atoms with Crippen LogP contribution in [0.3, 0.4) is 0 Å². The summed E-state index contributed by atoms with van der Waals surface area (Å²) in [5.41, 5.74) is 16.6. The number of anilines is 1. The van der Waals surface area contributed by atoms with Crippen LogP contribution in [0.25, 0.3) is 73.1 Å². The van der Waals surface area contributed by atoms with Crippen molar-refractivity contribution in [3.8, 4) is 0 Å². The van der Waals surface area contributed by atoms with E-state index < -0.39 is 0 Å². The van der Waals surface area contributed by atoms with Gasteiger partial charge in [0.05, 0.1) is 28.5 Å². The van der Waals surface area contributed by atoms with E-state index in [0.29, 0.717) is 5.39 Å². The fourth-order valence-electron chi connectivity index (χ4n) is 10.2. The molecule has 0 saturated carbocycles. The lowest BCUT2D eigenvalue weighted by atomic mass is 9.79. The number of nitrogens with zero attached hydrogens (tertiary/aromatic N) is 4. The Hall–Kier alpha value is -6.33. The number of aryl methyl sites for hydroxylation is 4. The normalized spacial score (nSPS) is 15.7. The highest BCUT2D eigenvalue weighted by Gasteiger charge is 2.40. The first-order valence-electron chi connectivity index (χ1n) is 19.6. The van der Waals surface area contributed by atoms with Crippen molar-refractivity contribution in [2.24, 2.45) is 0 Å². The van der Waals surface area contributed by atoms with E-state index in [0.717, 1.165) is 136 Å². The van der Waals surface area contributed by atoms with E-state index in [4.69, 9.17) is 39.5 Å². The highest BCUT2D eigenvalue weighted by molar-refractivity contribution is 6.21. The number of hydrazine groups is 1. The molecule has 1 unspecified atom stereocenters. The predicted octanol–water partition coefficient (Wildman–Crippen LogP) is 12.0. The van der Waals surface area contributed by atoms with E-state index in [9.17, 15) is 4.79 Å². The minimum absolute atomic E-state index is 0.00732. The molecule has 0 spiro atoms. The first-order chi connectivity index (χ1) is 26.7. The fourth-order valence-corrected chi connectivity index (χ4v) is 10.2. The molecule has 0 saturated heterocycles. The summed E-state index contributed by atoms with van der Waals surface area (Å²) in [6.45, 7) is 45.7. The Balaban J connectivity index is 1.20. The van der Waals surface area contributed by atoms with Gasteiger partial charge in [-0.1, -0.05) is 103 Å². The van der Waals surface area contributed by atoms with E-state index >= 15 is 0 Å². The number of rotatable bonds is 6. The Morgan fingerprint density at radius 3 is 1.64 bits per heavy atom. The lowest BCUT2D eigenvalue weighted by Gasteiger charge is -2.48. The number of benzene rings is 5. The maximum Gasteiger partial charge on any atom is 0.259 e. The quantitative estimate of drug-likeness (QED) is 0.171. The van der Waals surface area contributed by atoms with Gasteiger partial charge in [-0.15, -0.1) is 0 Å². The van der Waals surface area contributed by atoms with Crippen molar-refractivity contribution in [1.82, 2.24) is 14.6 Å². The SMILES string of the molecule is C=C1c2cc(C)c3c4c(cc(C)c(c24)C(=C)N1c1c(C)cccc1C)C(=C)N(N1C(=C)c2ccc4c(=C)n(C(CC)CCC)c(=O)c5ccc(c2c45)C1=C)C3=C. The molecule has 6 aromatic rings. The maximum atomic E-state index is 14.2. The molecule has 0 N–H and O–H groups in total. The van der Waals surface area contributed by atoms with Gasteiger partial charge in [-0.05, 0) is 81.0 Å². The first-order valence-corrected chi connectivity index (χ1v) is 19.6. The molecular formula is C51H48N4O. The standard InChI is InChI=1S/C51H48N4O/c1-14-17-37(15-2)53-30(7)38-20-21-39-32(9)54(33(10)40-22-23-41(51(53)56)47(38)46(39)40)55-34(11)43-25-28(5)44-35(12)52(50-26(3)18-16-19-27(50)4)31(8)42-24-29(6)45(36(55)13)49(43)48(42)44/h16,18-25,37H,7-15,17H2,1-6H3. The Morgan fingerprint density at radius 1 is 0.554 bits per heavy atom. The van der Waals surface area contributed by atoms with E-state index in [2.05, 4.69) is 106 Å². The van der Waals surface area contributed by atoms with Crippen LogP contribution < -0.4 is 15.8 Å². The molecule has 5 aromatic carbocycles. The second-order valence-corrected chi connectivity index (χ2v) is 15.9. The molecule has 1 aromatic heterocycles. The maximum absolute atomic E-state index is 14.2. The summed E-state index contributed by atoms with van der Waals surface area (Å²) in [5.74, 6) is 0. The van der Waals surface area contributed by atoms with Crippen LogP contribution in [0.15, 0.2) is 98.9 Å². The summed E-state index contributed by atoms with van der Waals surface area (Å²) in [4.78, 5) is 16.5. The molecule has 4 heterocycles. The minimum atomic E-state index is 0.00732. The lowest BCUT2D eigenvalue weighted by Crippen LogP contribution is -2.40. The van der Waals surface area contributed by atoms with Gasteiger partial charge < -0.3 is 9.47 Å². The van der Waals surface area contributed by atoms with Crippen molar-refractivity contribution >= 4 is 78.8 Å². The van der Waals surface area contributed by atoms with Gasteiger partial charge in [-0.2, -0.15) is 0 Å². The summed E-state index contributed by atoms with van der Waals surface area (Å²) in [6.07, 6.45) is 2.79. The average molecular weight is 733 g/mol. The van der Waals surface area contributed by atoms with Crippen molar-refractivity contribution in [1.29, 1.82) is 0 Å². The average Bonchev–Trinajstić information content (AvgIpc) is 3.16. The summed E-state index contributed by atoms with van der Waals surface area (Å²) in [6, 6.07) is 19.2. The molecule has 56 heavy (non-hydrogen) atoms. The topological polar surface area (TPSA) is 31.7 Å². The molecule has 1 atom stereocenters. The van der Waals surface area contributed by atoms with Gasteiger partial charge >= 0.3 is 0 Å². The Morgan fingerprint density at radius 2 is 1.07 bits per heavy atom. The first kappa shape index (κ1) is 35.4. The minimum Gasteiger partial charge on any atom is -0.310 e. The molecule has 9 rings (SSSR count). The largest absolute Gasteiger partial charge is 0.310 e. The molecule has 0 aliphatic carbocycles. The molecular weight excluding hydrogens is 685 g/mol. The van der Waals surface area contributed by atoms with Crippen LogP contribution in [0.1, 0.15) is 94.8 Å². The van der Waals surface area contributed by atoms with Crippen molar-refractivity contribution < 1.29 is 0 Å². The number of aromatic nitrogens is 1.